The number of sulfonamides is 1. The number of aryl methyl sites for hydroxylation is 1. The first-order chi connectivity index (χ1) is 18.5. The molecule has 3 aromatic carbocycles. The highest BCUT2D eigenvalue weighted by Crippen LogP contribution is 2.26. The second-order valence-corrected chi connectivity index (χ2v) is 12.6. The molecular formula is C30H36BrN3O4S. The Labute approximate surface area is 240 Å². The number of hydrogen-bond donors (Lipinski definition) is 1. The summed E-state index contributed by atoms with van der Waals surface area (Å²) in [5.74, 6) is -0.475. The minimum absolute atomic E-state index is 0.0768. The van der Waals surface area contributed by atoms with Gasteiger partial charge in [-0.1, -0.05) is 79.2 Å². The van der Waals surface area contributed by atoms with Gasteiger partial charge < -0.3 is 10.2 Å². The van der Waals surface area contributed by atoms with Gasteiger partial charge in [0.15, 0.2) is 0 Å². The predicted octanol–water partition coefficient (Wildman–Crippen LogP) is 5.53. The van der Waals surface area contributed by atoms with Crippen LogP contribution in [0.1, 0.15) is 38.3 Å². The molecule has 0 aliphatic carbocycles. The normalized spacial score (nSPS) is 12.2. The van der Waals surface area contributed by atoms with Crippen molar-refractivity contribution in [1.29, 1.82) is 0 Å². The van der Waals surface area contributed by atoms with E-state index >= 15 is 0 Å². The fourth-order valence-corrected chi connectivity index (χ4v) is 5.87. The zero-order valence-corrected chi connectivity index (χ0v) is 25.2. The Kier molecular flexibility index (Phi) is 10.7. The smallest absolute Gasteiger partial charge is 0.264 e. The molecule has 9 heteroatoms. The van der Waals surface area contributed by atoms with E-state index in [2.05, 4.69) is 21.2 Å². The standard InChI is InChI=1S/C30H36BrN3O4S/c1-5-28(30(36)32-19-22(2)3)33(20-24-12-10-9-11-23(24)4)29(35)21-34(26-17-15-25(31)16-18-26)39(37,38)27-13-7-6-8-14-27/h6-18,22,28H,5,19-21H2,1-4H3,(H,32,36). The van der Waals surface area contributed by atoms with E-state index in [0.717, 1.165) is 19.9 Å². The van der Waals surface area contributed by atoms with Crippen LogP contribution in [0, 0.1) is 12.8 Å². The quantitative estimate of drug-likeness (QED) is 0.291. The molecule has 0 saturated heterocycles. The zero-order valence-electron chi connectivity index (χ0n) is 22.8. The van der Waals surface area contributed by atoms with Crippen LogP contribution in [0.25, 0.3) is 0 Å². The molecule has 0 aliphatic heterocycles. The number of rotatable bonds is 12. The van der Waals surface area contributed by atoms with Gasteiger partial charge >= 0.3 is 0 Å². The van der Waals surface area contributed by atoms with Crippen LogP contribution in [0.2, 0.25) is 0 Å². The second-order valence-electron chi connectivity index (χ2n) is 9.81. The molecule has 0 radical (unpaired) electrons. The van der Waals surface area contributed by atoms with Crippen molar-refractivity contribution in [3.05, 3.63) is 94.5 Å². The molecule has 1 N–H and O–H groups in total. The van der Waals surface area contributed by atoms with E-state index in [1.54, 1.807) is 42.5 Å². The van der Waals surface area contributed by atoms with E-state index in [-0.39, 0.29) is 23.3 Å². The predicted molar refractivity (Wildman–Crippen MR) is 159 cm³/mol. The molecule has 3 rings (SSSR count). The second kappa shape index (κ2) is 13.8. The monoisotopic (exact) mass is 613 g/mol. The number of carbonyl (C=O) groups excluding carboxylic acids is 2. The first-order valence-corrected chi connectivity index (χ1v) is 15.2. The Balaban J connectivity index is 2.04. The molecule has 3 aromatic rings. The number of hydrogen-bond acceptors (Lipinski definition) is 4. The fourth-order valence-electron chi connectivity index (χ4n) is 4.17. The summed E-state index contributed by atoms with van der Waals surface area (Å²) in [6.45, 7) is 8.01. The van der Waals surface area contributed by atoms with Crippen LogP contribution in [0.4, 0.5) is 5.69 Å². The third-order valence-corrected chi connectivity index (χ3v) is 8.71. The van der Waals surface area contributed by atoms with Gasteiger partial charge in [0, 0.05) is 17.6 Å². The lowest BCUT2D eigenvalue weighted by atomic mass is 10.1. The Hall–Kier alpha value is -3.17. The van der Waals surface area contributed by atoms with Gasteiger partial charge in [-0.25, -0.2) is 8.42 Å². The van der Waals surface area contributed by atoms with E-state index < -0.39 is 28.5 Å². The summed E-state index contributed by atoms with van der Waals surface area (Å²) in [7, 11) is -4.08. The highest BCUT2D eigenvalue weighted by Gasteiger charge is 2.33. The van der Waals surface area contributed by atoms with Gasteiger partial charge in [0.2, 0.25) is 11.8 Å². The average molecular weight is 615 g/mol. The van der Waals surface area contributed by atoms with E-state index in [9.17, 15) is 18.0 Å². The summed E-state index contributed by atoms with van der Waals surface area (Å²) in [6, 6.07) is 21.7. The van der Waals surface area contributed by atoms with Gasteiger partial charge in [-0.05, 0) is 66.8 Å². The van der Waals surface area contributed by atoms with E-state index in [4.69, 9.17) is 0 Å². The number of benzene rings is 3. The van der Waals surface area contributed by atoms with Gasteiger partial charge in [0.05, 0.1) is 10.6 Å². The first kappa shape index (κ1) is 30.4. The van der Waals surface area contributed by atoms with Crippen molar-refractivity contribution in [3.8, 4) is 0 Å². The number of halogens is 1. The fraction of sp³-hybridized carbons (Fsp3) is 0.333. The van der Waals surface area contributed by atoms with E-state index in [1.165, 1.54) is 17.0 Å². The summed E-state index contributed by atoms with van der Waals surface area (Å²) in [5, 5.41) is 2.95. The topological polar surface area (TPSA) is 86.8 Å². The van der Waals surface area contributed by atoms with Crippen molar-refractivity contribution in [2.75, 3.05) is 17.4 Å². The number of amides is 2. The maximum atomic E-state index is 14.1. The Morgan fingerprint density at radius 2 is 1.54 bits per heavy atom. The minimum atomic E-state index is -4.08. The van der Waals surface area contributed by atoms with E-state index in [1.807, 2.05) is 52.0 Å². The van der Waals surface area contributed by atoms with Crippen LogP contribution in [0.5, 0.6) is 0 Å². The molecule has 0 saturated carbocycles. The average Bonchev–Trinajstić information content (AvgIpc) is 2.92. The molecule has 7 nitrogen and oxygen atoms in total. The molecule has 0 spiro atoms. The van der Waals surface area contributed by atoms with Crippen LogP contribution < -0.4 is 9.62 Å². The number of carbonyl (C=O) groups is 2. The van der Waals surface area contributed by atoms with Crippen molar-refractivity contribution < 1.29 is 18.0 Å². The lowest BCUT2D eigenvalue weighted by Crippen LogP contribution is -2.52. The van der Waals surface area contributed by atoms with Gasteiger partial charge in [-0.2, -0.15) is 0 Å². The van der Waals surface area contributed by atoms with Crippen LogP contribution in [-0.2, 0) is 26.2 Å². The third kappa shape index (κ3) is 7.92. The molecule has 208 valence electrons. The maximum absolute atomic E-state index is 14.1. The summed E-state index contributed by atoms with van der Waals surface area (Å²) in [5.41, 5.74) is 2.22. The van der Waals surface area contributed by atoms with Gasteiger partial charge in [0.1, 0.15) is 12.6 Å². The van der Waals surface area contributed by atoms with Crippen LogP contribution in [-0.4, -0.2) is 44.3 Å². The summed E-state index contributed by atoms with van der Waals surface area (Å²) in [4.78, 5) is 28.9. The highest BCUT2D eigenvalue weighted by molar-refractivity contribution is 9.10. The molecular weight excluding hydrogens is 578 g/mol. The molecule has 0 fully saturated rings. The van der Waals surface area contributed by atoms with Gasteiger partial charge in [-0.15, -0.1) is 0 Å². The van der Waals surface area contributed by atoms with Crippen LogP contribution >= 0.6 is 15.9 Å². The highest BCUT2D eigenvalue weighted by atomic mass is 79.9. The molecule has 0 aliphatic rings. The molecule has 2 amide bonds. The SMILES string of the molecule is CCC(C(=O)NCC(C)C)N(Cc1ccccc1C)C(=O)CN(c1ccc(Br)cc1)S(=O)(=O)c1ccccc1. The molecule has 0 aromatic heterocycles. The zero-order chi connectivity index (χ0) is 28.6. The van der Waals surface area contributed by atoms with Crippen molar-refractivity contribution in [1.82, 2.24) is 10.2 Å². The molecule has 0 bridgehead atoms. The molecule has 1 unspecified atom stereocenters. The number of anilines is 1. The largest absolute Gasteiger partial charge is 0.354 e. The van der Waals surface area contributed by atoms with Gasteiger partial charge in [0.25, 0.3) is 10.0 Å². The summed E-state index contributed by atoms with van der Waals surface area (Å²) >= 11 is 3.39. The Morgan fingerprint density at radius 3 is 2.13 bits per heavy atom. The maximum Gasteiger partial charge on any atom is 0.264 e. The molecule has 1 atom stereocenters. The molecule has 39 heavy (non-hydrogen) atoms. The van der Waals surface area contributed by atoms with Crippen molar-refractivity contribution >= 4 is 43.5 Å². The lowest BCUT2D eigenvalue weighted by molar-refractivity contribution is -0.140. The Bertz CT molecular complexity index is 1360. The van der Waals surface area contributed by atoms with Crippen molar-refractivity contribution in [3.63, 3.8) is 0 Å². The van der Waals surface area contributed by atoms with Crippen LogP contribution in [0.15, 0.2) is 88.2 Å². The molecule has 0 heterocycles. The number of nitrogens with one attached hydrogen (secondary N) is 1. The first-order valence-electron chi connectivity index (χ1n) is 13.0. The lowest BCUT2D eigenvalue weighted by Gasteiger charge is -2.33. The Morgan fingerprint density at radius 1 is 0.923 bits per heavy atom. The van der Waals surface area contributed by atoms with Crippen molar-refractivity contribution in [2.24, 2.45) is 5.92 Å². The summed E-state index contributed by atoms with van der Waals surface area (Å²) < 4.78 is 29.5. The summed E-state index contributed by atoms with van der Waals surface area (Å²) in [6.07, 6.45) is 0.380. The van der Waals surface area contributed by atoms with E-state index in [0.29, 0.717) is 18.7 Å². The third-order valence-electron chi connectivity index (χ3n) is 6.40. The van der Waals surface area contributed by atoms with Gasteiger partial charge in [-0.3, -0.25) is 13.9 Å². The van der Waals surface area contributed by atoms with Crippen LogP contribution in [0.3, 0.4) is 0 Å². The van der Waals surface area contributed by atoms with Crippen molar-refractivity contribution in [2.45, 2.75) is 51.6 Å². The number of nitrogens with zero attached hydrogens (tertiary/aromatic N) is 2. The minimum Gasteiger partial charge on any atom is -0.354 e.